The molecule has 1 fully saturated rings. The molecular formula is C6H14N2. The van der Waals surface area contributed by atoms with E-state index in [4.69, 9.17) is 5.73 Å². The highest BCUT2D eigenvalue weighted by molar-refractivity contribution is 4.77. The van der Waals surface area contributed by atoms with Gasteiger partial charge in [-0.15, -0.1) is 0 Å². The quantitative estimate of drug-likeness (QED) is 0.495. The minimum absolute atomic E-state index is 0.731. The highest BCUT2D eigenvalue weighted by Crippen LogP contribution is 2.12. The molecule has 0 spiro atoms. The molecule has 48 valence electrons. The van der Waals surface area contributed by atoms with Gasteiger partial charge in [0, 0.05) is 0 Å². The number of hydrogen-bond donors (Lipinski definition) is 2. The summed E-state index contributed by atoms with van der Waals surface area (Å²) in [4.78, 5) is 0. The summed E-state index contributed by atoms with van der Waals surface area (Å²) in [6.07, 6.45) is 0. The fraction of sp³-hybridized carbons (Fsp3) is 1.00. The van der Waals surface area contributed by atoms with Gasteiger partial charge in [-0.05, 0) is 31.5 Å². The molecule has 0 saturated carbocycles. The van der Waals surface area contributed by atoms with Gasteiger partial charge in [0.2, 0.25) is 0 Å². The topological polar surface area (TPSA) is 38.0 Å². The van der Waals surface area contributed by atoms with Gasteiger partial charge in [0.1, 0.15) is 0 Å². The zero-order valence-corrected chi connectivity index (χ0v) is 5.35. The maximum absolute atomic E-state index is 5.48. The van der Waals surface area contributed by atoms with Crippen molar-refractivity contribution in [3.63, 3.8) is 0 Å². The van der Waals surface area contributed by atoms with Crippen molar-refractivity contribution in [2.45, 2.75) is 6.92 Å². The van der Waals surface area contributed by atoms with Crippen molar-refractivity contribution in [2.75, 3.05) is 19.6 Å². The third-order valence-electron chi connectivity index (χ3n) is 1.98. The van der Waals surface area contributed by atoms with Gasteiger partial charge in [0.25, 0.3) is 0 Å². The normalized spacial score (nSPS) is 38.2. The zero-order chi connectivity index (χ0) is 5.98. The Morgan fingerprint density at radius 3 is 2.62 bits per heavy atom. The molecule has 1 rings (SSSR count). The van der Waals surface area contributed by atoms with Crippen LogP contribution in [0.3, 0.4) is 0 Å². The molecule has 8 heavy (non-hydrogen) atoms. The molecule has 0 aliphatic carbocycles. The summed E-state index contributed by atoms with van der Waals surface area (Å²) in [6, 6.07) is 0. The average molecular weight is 114 g/mol. The second-order valence-electron chi connectivity index (χ2n) is 2.63. The van der Waals surface area contributed by atoms with Crippen LogP contribution in [0.1, 0.15) is 6.92 Å². The molecule has 0 bridgehead atoms. The van der Waals surface area contributed by atoms with Gasteiger partial charge in [-0.3, -0.25) is 0 Å². The van der Waals surface area contributed by atoms with Gasteiger partial charge in [-0.1, -0.05) is 6.92 Å². The number of nitrogens with two attached hydrogens (primary N) is 1. The van der Waals surface area contributed by atoms with E-state index in [9.17, 15) is 0 Å². The van der Waals surface area contributed by atoms with E-state index < -0.39 is 0 Å². The lowest BCUT2D eigenvalue weighted by Gasteiger charge is -2.08. The third-order valence-corrected chi connectivity index (χ3v) is 1.98. The Hall–Kier alpha value is -0.0800. The molecule has 3 N–H and O–H groups in total. The Balaban J connectivity index is 2.30. The van der Waals surface area contributed by atoms with Gasteiger partial charge >= 0.3 is 0 Å². The Kier molecular flexibility index (Phi) is 1.86. The summed E-state index contributed by atoms with van der Waals surface area (Å²) >= 11 is 0. The van der Waals surface area contributed by atoms with Gasteiger partial charge in [-0.25, -0.2) is 0 Å². The van der Waals surface area contributed by atoms with Crippen molar-refractivity contribution in [3.05, 3.63) is 0 Å². The van der Waals surface area contributed by atoms with Crippen LogP contribution in [0.15, 0.2) is 0 Å². The maximum atomic E-state index is 5.48. The number of nitrogens with one attached hydrogen (secondary N) is 1. The van der Waals surface area contributed by atoms with Crippen LogP contribution in [0.25, 0.3) is 0 Å². The van der Waals surface area contributed by atoms with E-state index in [1.807, 2.05) is 0 Å². The molecule has 2 atom stereocenters. The van der Waals surface area contributed by atoms with Gasteiger partial charge in [0.05, 0.1) is 0 Å². The maximum Gasteiger partial charge on any atom is -0.000531 e. The largest absolute Gasteiger partial charge is 0.330 e. The smallest absolute Gasteiger partial charge is 0.000531 e. The van der Waals surface area contributed by atoms with E-state index in [1.165, 1.54) is 0 Å². The second kappa shape index (κ2) is 2.46. The monoisotopic (exact) mass is 114 g/mol. The van der Waals surface area contributed by atoms with Crippen LogP contribution in [-0.4, -0.2) is 19.6 Å². The molecule has 0 aromatic carbocycles. The van der Waals surface area contributed by atoms with E-state index in [-0.39, 0.29) is 0 Å². The molecule has 1 aliphatic rings. The summed E-state index contributed by atoms with van der Waals surface area (Å²) in [7, 11) is 0. The average Bonchev–Trinajstić information content (AvgIpc) is 2.14. The molecule has 0 aromatic heterocycles. The summed E-state index contributed by atoms with van der Waals surface area (Å²) < 4.78 is 0. The molecule has 1 heterocycles. The molecular weight excluding hydrogens is 100 g/mol. The van der Waals surface area contributed by atoms with Crippen LogP contribution < -0.4 is 11.1 Å². The molecule has 0 radical (unpaired) electrons. The third kappa shape index (κ3) is 1.01. The van der Waals surface area contributed by atoms with Crippen LogP contribution in [0.2, 0.25) is 0 Å². The van der Waals surface area contributed by atoms with Crippen molar-refractivity contribution in [2.24, 2.45) is 17.6 Å². The lowest BCUT2D eigenvalue weighted by atomic mass is 9.99. The Morgan fingerprint density at radius 2 is 2.38 bits per heavy atom. The standard InChI is InChI=1S/C6H14N2/c1-5-3-8-4-6(5)2-7/h5-6,8H,2-4,7H2,1H3/t5-,6+/m1/s1. The number of hydrogen-bond acceptors (Lipinski definition) is 2. The Labute approximate surface area is 50.4 Å². The first-order chi connectivity index (χ1) is 3.84. The molecule has 0 aromatic rings. The molecule has 2 heteroatoms. The molecule has 1 aliphatic heterocycles. The minimum atomic E-state index is 0.731. The van der Waals surface area contributed by atoms with E-state index in [0.29, 0.717) is 0 Å². The van der Waals surface area contributed by atoms with Gasteiger partial charge in [0.15, 0.2) is 0 Å². The van der Waals surface area contributed by atoms with Crippen molar-refractivity contribution >= 4 is 0 Å². The highest BCUT2D eigenvalue weighted by Gasteiger charge is 2.20. The van der Waals surface area contributed by atoms with Crippen molar-refractivity contribution in [1.82, 2.24) is 5.32 Å². The van der Waals surface area contributed by atoms with E-state index in [1.54, 1.807) is 0 Å². The second-order valence-corrected chi connectivity index (χ2v) is 2.63. The van der Waals surface area contributed by atoms with Gasteiger partial charge < -0.3 is 11.1 Å². The predicted octanol–water partition coefficient (Wildman–Crippen LogP) is -0.199. The first-order valence-corrected chi connectivity index (χ1v) is 3.25. The molecule has 0 amide bonds. The van der Waals surface area contributed by atoms with Crippen LogP contribution >= 0.6 is 0 Å². The first kappa shape index (κ1) is 6.05. The summed E-state index contributed by atoms with van der Waals surface area (Å²) in [5, 5.41) is 3.29. The van der Waals surface area contributed by atoms with Crippen molar-refractivity contribution in [3.8, 4) is 0 Å². The van der Waals surface area contributed by atoms with E-state index >= 15 is 0 Å². The van der Waals surface area contributed by atoms with Gasteiger partial charge in [-0.2, -0.15) is 0 Å². The Bertz CT molecular complexity index is 72.9. The summed E-state index contributed by atoms with van der Waals surface area (Å²) in [5.41, 5.74) is 5.48. The van der Waals surface area contributed by atoms with E-state index in [0.717, 1.165) is 31.5 Å². The molecule has 0 unspecified atom stereocenters. The highest BCUT2D eigenvalue weighted by atomic mass is 14.9. The fourth-order valence-electron chi connectivity index (χ4n) is 1.18. The van der Waals surface area contributed by atoms with Crippen LogP contribution in [0.5, 0.6) is 0 Å². The number of rotatable bonds is 1. The van der Waals surface area contributed by atoms with Crippen LogP contribution in [0.4, 0.5) is 0 Å². The van der Waals surface area contributed by atoms with Crippen molar-refractivity contribution < 1.29 is 0 Å². The lowest BCUT2D eigenvalue weighted by Crippen LogP contribution is -2.20. The van der Waals surface area contributed by atoms with Crippen LogP contribution in [-0.2, 0) is 0 Å². The Morgan fingerprint density at radius 1 is 1.62 bits per heavy atom. The molecule has 1 saturated heterocycles. The zero-order valence-electron chi connectivity index (χ0n) is 5.35. The van der Waals surface area contributed by atoms with E-state index in [2.05, 4.69) is 12.2 Å². The minimum Gasteiger partial charge on any atom is -0.330 e. The lowest BCUT2D eigenvalue weighted by molar-refractivity contribution is 0.463. The SMILES string of the molecule is C[C@@H]1CNC[C@@H]1CN. The summed E-state index contributed by atoms with van der Waals surface area (Å²) in [5.74, 6) is 1.52. The summed E-state index contributed by atoms with van der Waals surface area (Å²) in [6.45, 7) is 5.37. The first-order valence-electron chi connectivity index (χ1n) is 3.25. The van der Waals surface area contributed by atoms with Crippen LogP contribution in [0, 0.1) is 11.8 Å². The fourth-order valence-corrected chi connectivity index (χ4v) is 1.18. The van der Waals surface area contributed by atoms with Crippen molar-refractivity contribution in [1.29, 1.82) is 0 Å². The predicted molar refractivity (Wildman–Crippen MR) is 34.6 cm³/mol. The molecule has 2 nitrogen and oxygen atoms in total.